The summed E-state index contributed by atoms with van der Waals surface area (Å²) in [7, 11) is 0. The van der Waals surface area contributed by atoms with Crippen LogP contribution in [0.3, 0.4) is 0 Å². The van der Waals surface area contributed by atoms with E-state index in [-0.39, 0.29) is 5.60 Å². The van der Waals surface area contributed by atoms with Crippen LogP contribution in [-0.4, -0.2) is 5.60 Å². The maximum atomic E-state index is 6.29. The Balaban J connectivity index is 2.34. The molecule has 1 aromatic carbocycles. The van der Waals surface area contributed by atoms with Crippen LogP contribution in [-0.2, 0) is 0 Å². The summed E-state index contributed by atoms with van der Waals surface area (Å²) in [6.07, 6.45) is 6.76. The highest BCUT2D eigenvalue weighted by Gasteiger charge is 2.31. The first-order valence-electron chi connectivity index (χ1n) is 5.84. The maximum Gasteiger partial charge on any atom is 0.140 e. The Morgan fingerprint density at radius 3 is 2.53 bits per heavy atom. The predicted molar refractivity (Wildman–Crippen MR) is 89.5 cm³/mol. The molecule has 17 heavy (non-hydrogen) atoms. The Hall–Kier alpha value is 0.220. The standard InChI is InChI=1S/C14H16I2O/c1-3-10-8-11(15)9-12(16)13(10)17-14(2)6-4-5-7-14/h3,8-9H,1,4-7H2,2H3. The van der Waals surface area contributed by atoms with Gasteiger partial charge in [-0.25, -0.2) is 0 Å². The molecule has 1 aromatic rings. The molecule has 3 heteroatoms. The minimum Gasteiger partial charge on any atom is -0.486 e. The van der Waals surface area contributed by atoms with Crippen molar-refractivity contribution in [1.82, 2.24) is 0 Å². The lowest BCUT2D eigenvalue weighted by Crippen LogP contribution is -2.28. The van der Waals surface area contributed by atoms with Crippen LogP contribution in [0.1, 0.15) is 38.2 Å². The van der Waals surface area contributed by atoms with Crippen molar-refractivity contribution in [2.24, 2.45) is 0 Å². The van der Waals surface area contributed by atoms with Gasteiger partial charge in [-0.15, -0.1) is 0 Å². The zero-order valence-electron chi connectivity index (χ0n) is 9.93. The number of benzene rings is 1. The van der Waals surface area contributed by atoms with Gasteiger partial charge >= 0.3 is 0 Å². The molecule has 1 nitrogen and oxygen atoms in total. The molecule has 0 aromatic heterocycles. The average Bonchev–Trinajstić information content (AvgIpc) is 2.69. The lowest BCUT2D eigenvalue weighted by Gasteiger charge is -2.27. The highest BCUT2D eigenvalue weighted by molar-refractivity contribution is 14.1. The first-order chi connectivity index (χ1) is 8.04. The van der Waals surface area contributed by atoms with Crippen molar-refractivity contribution in [3.8, 4) is 5.75 Å². The normalized spacial score (nSPS) is 18.1. The van der Waals surface area contributed by atoms with E-state index in [1.54, 1.807) is 0 Å². The van der Waals surface area contributed by atoms with Gasteiger partial charge in [-0.2, -0.15) is 0 Å². The predicted octanol–water partition coefficient (Wildman–Crippen LogP) is 5.25. The molecule has 0 radical (unpaired) electrons. The summed E-state index contributed by atoms with van der Waals surface area (Å²) in [5, 5.41) is 0. The van der Waals surface area contributed by atoms with Gasteiger partial charge < -0.3 is 4.74 Å². The molecular weight excluding hydrogens is 438 g/mol. The van der Waals surface area contributed by atoms with Crippen molar-refractivity contribution in [1.29, 1.82) is 0 Å². The highest BCUT2D eigenvalue weighted by Crippen LogP contribution is 2.38. The minimum absolute atomic E-state index is 0.0183. The maximum absolute atomic E-state index is 6.29. The topological polar surface area (TPSA) is 9.23 Å². The summed E-state index contributed by atoms with van der Waals surface area (Å²) < 4.78 is 8.69. The van der Waals surface area contributed by atoms with Crippen LogP contribution < -0.4 is 4.74 Å². The molecule has 0 bridgehead atoms. The average molecular weight is 454 g/mol. The summed E-state index contributed by atoms with van der Waals surface area (Å²) in [6, 6.07) is 4.28. The van der Waals surface area contributed by atoms with Crippen molar-refractivity contribution in [3.05, 3.63) is 31.4 Å². The summed E-state index contributed by atoms with van der Waals surface area (Å²) >= 11 is 4.68. The molecule has 0 heterocycles. The van der Waals surface area contributed by atoms with Gasteiger partial charge in [0.1, 0.15) is 11.4 Å². The molecule has 1 saturated carbocycles. The minimum atomic E-state index is 0.0183. The van der Waals surface area contributed by atoms with E-state index in [2.05, 4.69) is 70.8 Å². The largest absolute Gasteiger partial charge is 0.486 e. The molecular formula is C14H16I2O. The van der Waals surface area contributed by atoms with E-state index in [1.165, 1.54) is 20.0 Å². The van der Waals surface area contributed by atoms with Crippen LogP contribution in [0.25, 0.3) is 6.08 Å². The fourth-order valence-electron chi connectivity index (χ4n) is 2.31. The first kappa shape index (κ1) is 13.6. The summed E-state index contributed by atoms with van der Waals surface area (Å²) in [5.41, 5.74) is 1.12. The van der Waals surface area contributed by atoms with Gasteiger partial charge in [0.2, 0.25) is 0 Å². The summed E-state index contributed by atoms with van der Waals surface area (Å²) in [6.45, 7) is 6.11. The van der Waals surface area contributed by atoms with Gasteiger partial charge in [0.05, 0.1) is 3.57 Å². The molecule has 0 aliphatic heterocycles. The third kappa shape index (κ3) is 3.16. The summed E-state index contributed by atoms with van der Waals surface area (Å²) in [5.74, 6) is 1.01. The monoisotopic (exact) mass is 454 g/mol. The zero-order valence-corrected chi connectivity index (χ0v) is 14.2. The molecule has 0 atom stereocenters. The van der Waals surface area contributed by atoms with Gasteiger partial charge in [-0.1, -0.05) is 12.7 Å². The fourth-order valence-corrected chi connectivity index (χ4v) is 4.31. The lowest BCUT2D eigenvalue weighted by atomic mass is 10.1. The van der Waals surface area contributed by atoms with Crippen molar-refractivity contribution in [3.63, 3.8) is 0 Å². The van der Waals surface area contributed by atoms with E-state index >= 15 is 0 Å². The molecule has 1 aliphatic rings. The molecule has 0 N–H and O–H groups in total. The Kier molecular flexibility index (Phi) is 4.39. The van der Waals surface area contributed by atoms with Crippen molar-refractivity contribution < 1.29 is 4.74 Å². The van der Waals surface area contributed by atoms with Crippen molar-refractivity contribution >= 4 is 51.3 Å². The third-order valence-electron chi connectivity index (χ3n) is 3.27. The Labute approximate surface area is 130 Å². The summed E-state index contributed by atoms with van der Waals surface area (Å²) in [4.78, 5) is 0. The first-order valence-corrected chi connectivity index (χ1v) is 8.00. The number of halogens is 2. The molecule has 0 amide bonds. The van der Waals surface area contributed by atoms with E-state index in [4.69, 9.17) is 4.74 Å². The molecule has 1 fully saturated rings. The molecule has 92 valence electrons. The number of hydrogen-bond acceptors (Lipinski definition) is 1. The van der Waals surface area contributed by atoms with Gasteiger partial charge in [-0.05, 0) is 89.9 Å². The van der Waals surface area contributed by atoms with Crippen LogP contribution >= 0.6 is 45.2 Å². The number of hydrogen-bond donors (Lipinski definition) is 0. The zero-order chi connectivity index (χ0) is 12.5. The van der Waals surface area contributed by atoms with Crippen LogP contribution in [0.5, 0.6) is 5.75 Å². The highest BCUT2D eigenvalue weighted by atomic mass is 127. The van der Waals surface area contributed by atoms with E-state index in [0.717, 1.165) is 24.2 Å². The Morgan fingerprint density at radius 1 is 1.29 bits per heavy atom. The molecule has 1 aliphatic carbocycles. The van der Waals surface area contributed by atoms with Gasteiger partial charge in [-0.3, -0.25) is 0 Å². The lowest BCUT2D eigenvalue weighted by molar-refractivity contribution is 0.0954. The third-order valence-corrected chi connectivity index (χ3v) is 4.69. The van der Waals surface area contributed by atoms with E-state index in [1.807, 2.05) is 6.08 Å². The van der Waals surface area contributed by atoms with Crippen molar-refractivity contribution in [2.75, 3.05) is 0 Å². The molecule has 0 saturated heterocycles. The molecule has 0 unspecified atom stereocenters. The second-order valence-electron chi connectivity index (χ2n) is 4.77. The quantitative estimate of drug-likeness (QED) is 0.568. The number of rotatable bonds is 3. The van der Waals surface area contributed by atoms with Crippen LogP contribution in [0, 0.1) is 7.14 Å². The van der Waals surface area contributed by atoms with Crippen LogP contribution in [0.15, 0.2) is 18.7 Å². The van der Waals surface area contributed by atoms with Gasteiger partial charge in [0.15, 0.2) is 0 Å². The van der Waals surface area contributed by atoms with E-state index < -0.39 is 0 Å². The van der Waals surface area contributed by atoms with E-state index in [9.17, 15) is 0 Å². The van der Waals surface area contributed by atoms with Crippen molar-refractivity contribution in [2.45, 2.75) is 38.2 Å². The molecule has 2 rings (SSSR count). The van der Waals surface area contributed by atoms with Crippen LogP contribution in [0.4, 0.5) is 0 Å². The smallest absolute Gasteiger partial charge is 0.140 e. The van der Waals surface area contributed by atoms with Crippen LogP contribution in [0.2, 0.25) is 0 Å². The Bertz CT molecular complexity index is 434. The number of ether oxygens (including phenoxy) is 1. The van der Waals surface area contributed by atoms with E-state index in [0.29, 0.717) is 0 Å². The Morgan fingerprint density at radius 2 is 1.94 bits per heavy atom. The van der Waals surface area contributed by atoms with Gasteiger partial charge in [0.25, 0.3) is 0 Å². The second kappa shape index (κ2) is 5.47. The second-order valence-corrected chi connectivity index (χ2v) is 7.18. The fraction of sp³-hybridized carbons (Fsp3) is 0.429. The van der Waals surface area contributed by atoms with Gasteiger partial charge in [0, 0.05) is 9.13 Å². The molecule has 0 spiro atoms. The SMILES string of the molecule is C=Cc1cc(I)cc(I)c1OC1(C)CCCC1.